The van der Waals surface area contributed by atoms with E-state index in [1.165, 1.54) is 0 Å². The van der Waals surface area contributed by atoms with Gasteiger partial charge in [0.1, 0.15) is 0 Å². The van der Waals surface area contributed by atoms with Gasteiger partial charge in [-0.25, -0.2) is 0 Å². The van der Waals surface area contributed by atoms with Gasteiger partial charge in [-0.15, -0.1) is 0 Å². The molecule has 4 N–H and O–H groups in total. The van der Waals surface area contributed by atoms with Crippen molar-refractivity contribution in [3.05, 3.63) is 28.8 Å². The number of hydrogen-bond donors (Lipinski definition) is 3. The molecule has 1 aromatic carbocycles. The van der Waals surface area contributed by atoms with Gasteiger partial charge in [-0.1, -0.05) is 11.6 Å². The molecule has 5 heteroatoms. The average molecular weight is 241 g/mol. The van der Waals surface area contributed by atoms with Gasteiger partial charge in [0.2, 0.25) is 0 Å². The van der Waals surface area contributed by atoms with Gasteiger partial charge in [0.15, 0.2) is 0 Å². The van der Waals surface area contributed by atoms with Crippen LogP contribution in [0, 0.1) is 0 Å². The van der Waals surface area contributed by atoms with Crippen molar-refractivity contribution >= 4 is 23.2 Å². The van der Waals surface area contributed by atoms with Gasteiger partial charge in [0, 0.05) is 16.8 Å². The molecule has 0 atom stereocenters. The lowest BCUT2D eigenvalue weighted by atomic mass is 9.89. The molecule has 0 aliphatic heterocycles. The van der Waals surface area contributed by atoms with E-state index in [4.69, 9.17) is 22.4 Å². The number of rotatable bonds is 2. The van der Waals surface area contributed by atoms with E-state index < -0.39 is 0 Å². The Morgan fingerprint density at radius 1 is 1.50 bits per heavy atom. The van der Waals surface area contributed by atoms with E-state index >= 15 is 0 Å². The van der Waals surface area contributed by atoms with Crippen LogP contribution >= 0.6 is 11.6 Å². The van der Waals surface area contributed by atoms with Crippen LogP contribution in [0.1, 0.15) is 23.2 Å². The van der Waals surface area contributed by atoms with Crippen molar-refractivity contribution in [1.29, 1.82) is 0 Å². The smallest absolute Gasteiger partial charge is 0.253 e. The van der Waals surface area contributed by atoms with E-state index in [0.717, 1.165) is 0 Å². The molecule has 1 aliphatic rings. The lowest BCUT2D eigenvalue weighted by molar-refractivity contribution is 0.0563. The molecule has 0 saturated heterocycles. The van der Waals surface area contributed by atoms with Crippen molar-refractivity contribution in [3.63, 3.8) is 0 Å². The van der Waals surface area contributed by atoms with Crippen LogP contribution in [0.2, 0.25) is 5.02 Å². The second-order valence-electron chi connectivity index (χ2n) is 4.03. The molecule has 0 heterocycles. The highest BCUT2D eigenvalue weighted by Crippen LogP contribution is 2.22. The molecule has 86 valence electrons. The summed E-state index contributed by atoms with van der Waals surface area (Å²) >= 11 is 5.74. The number of benzene rings is 1. The molecule has 1 aliphatic carbocycles. The SMILES string of the molecule is Nc1cc(Cl)ccc1C(=O)NC1CC(O)C1. The van der Waals surface area contributed by atoms with Crippen LogP contribution in [0.25, 0.3) is 0 Å². The fraction of sp³-hybridized carbons (Fsp3) is 0.364. The third-order valence-corrected chi connectivity index (χ3v) is 2.94. The Kier molecular flexibility index (Phi) is 3.03. The van der Waals surface area contributed by atoms with Gasteiger partial charge in [-0.05, 0) is 31.0 Å². The Morgan fingerprint density at radius 3 is 2.75 bits per heavy atom. The highest BCUT2D eigenvalue weighted by atomic mass is 35.5. The van der Waals surface area contributed by atoms with E-state index in [0.29, 0.717) is 29.1 Å². The van der Waals surface area contributed by atoms with Gasteiger partial charge in [-0.3, -0.25) is 4.79 Å². The summed E-state index contributed by atoms with van der Waals surface area (Å²) in [5.74, 6) is -0.217. The molecule has 0 spiro atoms. The highest BCUT2D eigenvalue weighted by molar-refractivity contribution is 6.31. The van der Waals surface area contributed by atoms with E-state index in [1.807, 2.05) is 0 Å². The number of aliphatic hydroxyl groups excluding tert-OH is 1. The summed E-state index contributed by atoms with van der Waals surface area (Å²) in [6, 6.07) is 4.83. The van der Waals surface area contributed by atoms with Crippen LogP contribution in [-0.4, -0.2) is 23.2 Å². The molecule has 4 nitrogen and oxygen atoms in total. The van der Waals surface area contributed by atoms with Crippen molar-refractivity contribution in [3.8, 4) is 0 Å². The van der Waals surface area contributed by atoms with Gasteiger partial charge in [0.05, 0.1) is 11.7 Å². The van der Waals surface area contributed by atoms with Crippen LogP contribution in [0.3, 0.4) is 0 Å². The Bertz CT molecular complexity index is 416. The molecule has 0 aromatic heterocycles. The molecule has 1 aromatic rings. The minimum atomic E-state index is -0.284. The first-order valence-electron chi connectivity index (χ1n) is 5.10. The predicted molar refractivity (Wildman–Crippen MR) is 62.4 cm³/mol. The zero-order chi connectivity index (χ0) is 11.7. The zero-order valence-electron chi connectivity index (χ0n) is 8.61. The quantitative estimate of drug-likeness (QED) is 0.680. The van der Waals surface area contributed by atoms with E-state index in [1.54, 1.807) is 18.2 Å². The third kappa shape index (κ3) is 2.28. The molecular formula is C11H13ClN2O2. The standard InChI is InChI=1S/C11H13ClN2O2/c12-6-1-2-9(10(13)3-6)11(16)14-7-4-8(15)5-7/h1-3,7-8,15H,4-5,13H2,(H,14,16). The highest BCUT2D eigenvalue weighted by Gasteiger charge is 2.28. The summed E-state index contributed by atoms with van der Waals surface area (Å²) in [5.41, 5.74) is 6.48. The summed E-state index contributed by atoms with van der Waals surface area (Å²) in [4.78, 5) is 11.8. The number of nitrogens with two attached hydrogens (primary N) is 1. The number of anilines is 1. The number of nitrogens with one attached hydrogen (secondary N) is 1. The maximum absolute atomic E-state index is 11.8. The molecule has 0 radical (unpaired) electrons. The molecule has 16 heavy (non-hydrogen) atoms. The lowest BCUT2D eigenvalue weighted by Gasteiger charge is -2.32. The van der Waals surface area contributed by atoms with Crippen molar-refractivity contribution in [2.45, 2.75) is 25.0 Å². The molecule has 1 saturated carbocycles. The average Bonchev–Trinajstić information content (AvgIpc) is 2.15. The molecule has 0 unspecified atom stereocenters. The summed E-state index contributed by atoms with van der Waals surface area (Å²) in [6.45, 7) is 0. The molecule has 2 rings (SSSR count). The second kappa shape index (κ2) is 4.31. The van der Waals surface area contributed by atoms with Crippen molar-refractivity contribution < 1.29 is 9.90 Å². The van der Waals surface area contributed by atoms with Gasteiger partial charge in [-0.2, -0.15) is 0 Å². The van der Waals surface area contributed by atoms with Crippen LogP contribution < -0.4 is 11.1 Å². The number of halogens is 1. The predicted octanol–water partition coefficient (Wildman–Crippen LogP) is 1.18. The summed E-state index contributed by atoms with van der Waals surface area (Å²) < 4.78 is 0. The number of amides is 1. The Balaban J connectivity index is 2.03. The number of aliphatic hydroxyl groups is 1. The normalized spacial score (nSPS) is 23.6. The first-order chi connectivity index (χ1) is 7.56. The number of carbonyl (C=O) groups excluding carboxylic acids is 1. The van der Waals surface area contributed by atoms with Crippen LogP contribution in [0.4, 0.5) is 5.69 Å². The lowest BCUT2D eigenvalue weighted by Crippen LogP contribution is -2.46. The van der Waals surface area contributed by atoms with Crippen molar-refractivity contribution in [2.75, 3.05) is 5.73 Å². The first kappa shape index (κ1) is 11.2. The zero-order valence-corrected chi connectivity index (χ0v) is 9.37. The van der Waals surface area contributed by atoms with Crippen LogP contribution in [0.5, 0.6) is 0 Å². The Morgan fingerprint density at radius 2 is 2.19 bits per heavy atom. The summed E-state index contributed by atoms with van der Waals surface area (Å²) in [7, 11) is 0. The number of nitrogen functional groups attached to an aromatic ring is 1. The van der Waals surface area contributed by atoms with Gasteiger partial charge >= 0.3 is 0 Å². The minimum absolute atomic E-state index is 0.0533. The Labute approximate surface area is 98.4 Å². The molecular weight excluding hydrogens is 228 g/mol. The minimum Gasteiger partial charge on any atom is -0.398 e. The molecule has 1 amide bonds. The molecule has 0 bridgehead atoms. The largest absolute Gasteiger partial charge is 0.398 e. The fourth-order valence-corrected chi connectivity index (χ4v) is 1.89. The maximum atomic E-state index is 11.8. The van der Waals surface area contributed by atoms with Crippen molar-refractivity contribution in [2.24, 2.45) is 0 Å². The Hall–Kier alpha value is -1.26. The van der Waals surface area contributed by atoms with Crippen LogP contribution in [0.15, 0.2) is 18.2 Å². The molecule has 1 fully saturated rings. The fourth-order valence-electron chi connectivity index (χ4n) is 1.71. The van der Waals surface area contributed by atoms with E-state index in [2.05, 4.69) is 5.32 Å². The number of hydrogen-bond acceptors (Lipinski definition) is 3. The maximum Gasteiger partial charge on any atom is 0.253 e. The first-order valence-corrected chi connectivity index (χ1v) is 5.48. The third-order valence-electron chi connectivity index (χ3n) is 2.71. The second-order valence-corrected chi connectivity index (χ2v) is 4.46. The van der Waals surface area contributed by atoms with E-state index in [9.17, 15) is 4.79 Å². The van der Waals surface area contributed by atoms with E-state index in [-0.39, 0.29) is 18.1 Å². The summed E-state index contributed by atoms with van der Waals surface area (Å²) in [5, 5.41) is 12.4. The topological polar surface area (TPSA) is 75.4 Å². The number of carbonyl (C=O) groups is 1. The van der Waals surface area contributed by atoms with Gasteiger partial charge in [0.25, 0.3) is 5.91 Å². The van der Waals surface area contributed by atoms with Crippen LogP contribution in [-0.2, 0) is 0 Å². The monoisotopic (exact) mass is 240 g/mol. The summed E-state index contributed by atoms with van der Waals surface area (Å²) in [6.07, 6.45) is 0.936. The van der Waals surface area contributed by atoms with Gasteiger partial charge < -0.3 is 16.2 Å². The van der Waals surface area contributed by atoms with Crippen molar-refractivity contribution in [1.82, 2.24) is 5.32 Å².